The Morgan fingerprint density at radius 3 is 2.83 bits per heavy atom. The lowest BCUT2D eigenvalue weighted by molar-refractivity contribution is 0.242. The molecule has 0 bridgehead atoms. The first kappa shape index (κ1) is 7.90. The number of rotatable bonds is 3. The van der Waals surface area contributed by atoms with Crippen LogP contribution in [0.25, 0.3) is 0 Å². The quantitative estimate of drug-likeness (QED) is 0.647. The zero-order valence-electron chi connectivity index (χ0n) is 7.47. The van der Waals surface area contributed by atoms with Crippen molar-refractivity contribution >= 4 is 6.03 Å². The summed E-state index contributed by atoms with van der Waals surface area (Å²) in [6.07, 6.45) is 4.21. The van der Waals surface area contributed by atoms with E-state index in [2.05, 4.69) is 10.6 Å². The number of carbonyl (C=O) groups excluding carboxylic acids is 1. The molecule has 2 saturated carbocycles. The van der Waals surface area contributed by atoms with E-state index in [-0.39, 0.29) is 6.03 Å². The first-order valence-corrected chi connectivity index (χ1v) is 4.77. The summed E-state index contributed by atoms with van der Waals surface area (Å²) in [4.78, 5) is 10.8. The maximum atomic E-state index is 10.8. The van der Waals surface area contributed by atoms with Gasteiger partial charge in [-0.1, -0.05) is 0 Å². The fourth-order valence-electron chi connectivity index (χ4n) is 1.92. The van der Waals surface area contributed by atoms with Gasteiger partial charge >= 0.3 is 6.03 Å². The molecule has 2 N–H and O–H groups in total. The Balaban J connectivity index is 1.60. The molecule has 2 rings (SSSR count). The molecule has 0 aliphatic heterocycles. The van der Waals surface area contributed by atoms with Crippen molar-refractivity contribution in [2.24, 2.45) is 17.8 Å². The minimum atomic E-state index is -0.0450. The van der Waals surface area contributed by atoms with E-state index < -0.39 is 0 Å². The predicted octanol–water partition coefficient (Wildman–Crippen LogP) is 0.961. The summed E-state index contributed by atoms with van der Waals surface area (Å²) in [6.45, 7) is 0.876. The SMILES string of the molecule is CNC(=O)NCC1CC1C1CC1. The van der Waals surface area contributed by atoms with Gasteiger partial charge in [-0.05, 0) is 37.0 Å². The zero-order chi connectivity index (χ0) is 8.55. The van der Waals surface area contributed by atoms with Gasteiger partial charge in [-0.25, -0.2) is 4.79 Å². The van der Waals surface area contributed by atoms with Crippen molar-refractivity contribution < 1.29 is 4.79 Å². The molecule has 0 aromatic heterocycles. The number of carbonyl (C=O) groups is 1. The molecular formula is C9H16N2O. The van der Waals surface area contributed by atoms with Crippen molar-refractivity contribution in [1.29, 1.82) is 0 Å². The number of nitrogens with one attached hydrogen (secondary N) is 2. The van der Waals surface area contributed by atoms with Gasteiger partial charge in [-0.15, -0.1) is 0 Å². The highest BCUT2D eigenvalue weighted by Gasteiger charge is 2.46. The second-order valence-corrected chi connectivity index (χ2v) is 3.96. The average Bonchev–Trinajstić information content (AvgIpc) is 2.89. The molecule has 0 heterocycles. The standard InChI is InChI=1S/C9H16N2O/c1-10-9(12)11-5-7-4-8(7)6-2-3-6/h6-8H,2-5H2,1H3,(H2,10,11,12). The molecule has 2 aliphatic carbocycles. The van der Waals surface area contributed by atoms with Crippen LogP contribution in [-0.2, 0) is 0 Å². The van der Waals surface area contributed by atoms with Crippen molar-refractivity contribution in [3.63, 3.8) is 0 Å². The Hall–Kier alpha value is -0.730. The molecule has 68 valence electrons. The van der Waals surface area contributed by atoms with E-state index in [1.165, 1.54) is 19.3 Å². The van der Waals surface area contributed by atoms with Gasteiger partial charge in [0.15, 0.2) is 0 Å². The topological polar surface area (TPSA) is 41.1 Å². The fraction of sp³-hybridized carbons (Fsp3) is 0.889. The predicted molar refractivity (Wildman–Crippen MR) is 46.8 cm³/mol. The summed E-state index contributed by atoms with van der Waals surface area (Å²) in [5, 5.41) is 5.41. The maximum absolute atomic E-state index is 10.8. The first-order chi connectivity index (χ1) is 5.81. The molecule has 3 heteroatoms. The Bertz CT molecular complexity index is 189. The van der Waals surface area contributed by atoms with Crippen LogP contribution in [0.15, 0.2) is 0 Å². The van der Waals surface area contributed by atoms with E-state index in [0.717, 1.165) is 24.3 Å². The number of amides is 2. The lowest BCUT2D eigenvalue weighted by Crippen LogP contribution is -2.34. The van der Waals surface area contributed by atoms with Crippen molar-refractivity contribution in [2.75, 3.05) is 13.6 Å². The summed E-state index contributed by atoms with van der Waals surface area (Å²) < 4.78 is 0. The molecule has 12 heavy (non-hydrogen) atoms. The molecule has 0 saturated heterocycles. The Labute approximate surface area is 72.9 Å². The molecule has 2 fully saturated rings. The minimum Gasteiger partial charge on any atom is -0.341 e. The van der Waals surface area contributed by atoms with Crippen LogP contribution < -0.4 is 10.6 Å². The van der Waals surface area contributed by atoms with E-state index in [4.69, 9.17) is 0 Å². The summed E-state index contributed by atoms with van der Waals surface area (Å²) in [5.74, 6) is 2.75. The summed E-state index contributed by atoms with van der Waals surface area (Å²) in [5.41, 5.74) is 0. The van der Waals surface area contributed by atoms with Crippen LogP contribution in [-0.4, -0.2) is 19.6 Å². The molecule has 0 spiro atoms. The fourth-order valence-corrected chi connectivity index (χ4v) is 1.92. The summed E-state index contributed by atoms with van der Waals surface area (Å²) in [6, 6.07) is -0.0450. The van der Waals surface area contributed by atoms with Crippen LogP contribution in [0, 0.1) is 17.8 Å². The molecular weight excluding hydrogens is 152 g/mol. The third-order valence-corrected chi connectivity index (χ3v) is 2.96. The van der Waals surface area contributed by atoms with Gasteiger partial charge in [0.2, 0.25) is 0 Å². The Kier molecular flexibility index (Phi) is 1.95. The lowest BCUT2D eigenvalue weighted by atomic mass is 10.2. The molecule has 2 unspecified atom stereocenters. The van der Waals surface area contributed by atoms with Gasteiger partial charge in [-0.3, -0.25) is 0 Å². The average molecular weight is 168 g/mol. The molecule has 2 aliphatic rings. The van der Waals surface area contributed by atoms with Crippen molar-refractivity contribution in [2.45, 2.75) is 19.3 Å². The Morgan fingerprint density at radius 2 is 2.25 bits per heavy atom. The summed E-state index contributed by atoms with van der Waals surface area (Å²) in [7, 11) is 1.65. The van der Waals surface area contributed by atoms with Crippen LogP contribution in [0.2, 0.25) is 0 Å². The lowest BCUT2D eigenvalue weighted by Gasteiger charge is -2.02. The smallest absolute Gasteiger partial charge is 0.314 e. The van der Waals surface area contributed by atoms with Crippen molar-refractivity contribution in [3.05, 3.63) is 0 Å². The highest BCUT2D eigenvalue weighted by molar-refractivity contribution is 5.73. The number of urea groups is 1. The molecule has 0 radical (unpaired) electrons. The van der Waals surface area contributed by atoms with Gasteiger partial charge in [0.1, 0.15) is 0 Å². The number of hydrogen-bond acceptors (Lipinski definition) is 1. The van der Waals surface area contributed by atoms with Crippen LogP contribution in [0.5, 0.6) is 0 Å². The van der Waals surface area contributed by atoms with Crippen LogP contribution >= 0.6 is 0 Å². The summed E-state index contributed by atoms with van der Waals surface area (Å²) >= 11 is 0. The number of hydrogen-bond donors (Lipinski definition) is 2. The van der Waals surface area contributed by atoms with Crippen molar-refractivity contribution in [1.82, 2.24) is 10.6 Å². The van der Waals surface area contributed by atoms with Crippen molar-refractivity contribution in [3.8, 4) is 0 Å². The third-order valence-electron chi connectivity index (χ3n) is 2.96. The third kappa shape index (κ3) is 1.71. The molecule has 3 nitrogen and oxygen atoms in total. The van der Waals surface area contributed by atoms with Crippen LogP contribution in [0.3, 0.4) is 0 Å². The molecule has 2 atom stereocenters. The van der Waals surface area contributed by atoms with E-state index in [1.54, 1.807) is 7.05 Å². The first-order valence-electron chi connectivity index (χ1n) is 4.77. The molecule has 0 aromatic carbocycles. The highest BCUT2D eigenvalue weighted by Crippen LogP contribution is 2.53. The second kappa shape index (κ2) is 2.96. The largest absolute Gasteiger partial charge is 0.341 e. The molecule has 2 amide bonds. The van der Waals surface area contributed by atoms with Crippen LogP contribution in [0.1, 0.15) is 19.3 Å². The van der Waals surface area contributed by atoms with Gasteiger partial charge < -0.3 is 10.6 Å². The zero-order valence-corrected chi connectivity index (χ0v) is 7.47. The normalized spacial score (nSPS) is 32.8. The van der Waals surface area contributed by atoms with E-state index in [9.17, 15) is 4.79 Å². The van der Waals surface area contributed by atoms with Gasteiger partial charge in [-0.2, -0.15) is 0 Å². The van der Waals surface area contributed by atoms with E-state index in [0.29, 0.717) is 0 Å². The Morgan fingerprint density at radius 1 is 1.50 bits per heavy atom. The van der Waals surface area contributed by atoms with Crippen LogP contribution in [0.4, 0.5) is 4.79 Å². The van der Waals surface area contributed by atoms with E-state index in [1.807, 2.05) is 0 Å². The van der Waals surface area contributed by atoms with E-state index >= 15 is 0 Å². The molecule has 0 aromatic rings. The maximum Gasteiger partial charge on any atom is 0.314 e. The van der Waals surface area contributed by atoms with Gasteiger partial charge in [0.25, 0.3) is 0 Å². The minimum absolute atomic E-state index is 0.0450. The van der Waals surface area contributed by atoms with Gasteiger partial charge in [0, 0.05) is 13.6 Å². The highest BCUT2D eigenvalue weighted by atomic mass is 16.2. The van der Waals surface area contributed by atoms with Gasteiger partial charge in [0.05, 0.1) is 0 Å². The second-order valence-electron chi connectivity index (χ2n) is 3.96. The monoisotopic (exact) mass is 168 g/mol.